The van der Waals surface area contributed by atoms with E-state index >= 15 is 0 Å². The largest absolute Gasteiger partial charge is 4.00 e. The van der Waals surface area contributed by atoms with Gasteiger partial charge in [-0.2, -0.15) is 12.2 Å². The van der Waals surface area contributed by atoms with Crippen molar-refractivity contribution in [3.05, 3.63) is 169 Å². The van der Waals surface area contributed by atoms with Gasteiger partial charge in [0.1, 0.15) is 0 Å². The molecule has 6 rings (SSSR count). The molecule has 4 aromatic carbocycles. The predicted octanol–water partition coefficient (Wildman–Crippen LogP) is 10.7. The number of para-hydroxylation sites is 2. The molecule has 2 aliphatic carbocycles. The summed E-state index contributed by atoms with van der Waals surface area (Å²) in [6.07, 6.45) is 20.0. The molecule has 0 saturated carbocycles. The third-order valence-electron chi connectivity index (χ3n) is 5.26. The number of hydrogen-bond acceptors (Lipinski definition) is 8. The standard InChI is InChI=1S/2C13H8F2NO2S.2C5H5.Ti/c2*14-9-6-7-12(11(15)8-9)18-13(17)19-16-10-4-2-1-3-5-10;2*1-2-4-5-3-1;/h2*1-7,16H;2*1-3H,4H2;/q4*-1;+4. The maximum absolute atomic E-state index is 13.2. The Morgan fingerprint density at radius 2 is 0.980 bits per heavy atom. The van der Waals surface area contributed by atoms with Crippen LogP contribution in [-0.2, 0) is 21.7 Å². The van der Waals surface area contributed by atoms with Gasteiger partial charge in [-0.3, -0.25) is 12.2 Å². The summed E-state index contributed by atoms with van der Waals surface area (Å²) in [5.41, 5.74) is 1.41. The quantitative estimate of drug-likeness (QED) is 0.0666. The number of benzene rings is 4. The fourth-order valence-corrected chi connectivity index (χ4v) is 4.07. The molecule has 6 nitrogen and oxygen atoms in total. The van der Waals surface area contributed by atoms with Gasteiger partial charge in [-0.05, 0) is 24.3 Å². The Balaban J connectivity index is 0.000000260. The van der Waals surface area contributed by atoms with Crippen molar-refractivity contribution in [3.63, 3.8) is 0 Å². The van der Waals surface area contributed by atoms with E-state index < -0.39 is 33.9 Å². The molecule has 0 spiro atoms. The topological polar surface area (TPSA) is 76.7 Å². The van der Waals surface area contributed by atoms with Crippen molar-refractivity contribution in [2.45, 2.75) is 12.8 Å². The van der Waals surface area contributed by atoms with Crippen LogP contribution in [0.3, 0.4) is 0 Å². The van der Waals surface area contributed by atoms with Crippen molar-refractivity contribution in [2.75, 3.05) is 9.44 Å². The summed E-state index contributed by atoms with van der Waals surface area (Å²) in [4.78, 5) is 22.9. The van der Waals surface area contributed by atoms with Crippen LogP contribution >= 0.6 is 23.9 Å². The van der Waals surface area contributed by atoms with E-state index in [9.17, 15) is 27.2 Å². The summed E-state index contributed by atoms with van der Waals surface area (Å²) in [5.74, 6) is -4.54. The second kappa shape index (κ2) is 23.8. The molecule has 0 aliphatic heterocycles. The van der Waals surface area contributed by atoms with E-state index in [1.165, 1.54) is 0 Å². The summed E-state index contributed by atoms with van der Waals surface area (Å²) >= 11 is 1.30. The predicted molar refractivity (Wildman–Crippen MR) is 181 cm³/mol. The summed E-state index contributed by atoms with van der Waals surface area (Å²) in [6, 6.07) is 25.4. The zero-order valence-corrected chi connectivity index (χ0v) is 28.6. The van der Waals surface area contributed by atoms with Gasteiger partial charge in [-0.25, -0.2) is 51.5 Å². The van der Waals surface area contributed by atoms with Gasteiger partial charge in [0, 0.05) is 23.0 Å². The van der Waals surface area contributed by atoms with Crippen LogP contribution in [0.2, 0.25) is 0 Å². The first-order chi connectivity index (χ1) is 23.3. The van der Waals surface area contributed by atoms with Crippen LogP contribution in [0.25, 0.3) is 0 Å². The van der Waals surface area contributed by atoms with E-state index in [2.05, 4.69) is 33.7 Å². The summed E-state index contributed by atoms with van der Waals surface area (Å²) in [5, 5.41) is -1.52. The van der Waals surface area contributed by atoms with Crippen LogP contribution in [0.5, 0.6) is 11.5 Å². The van der Waals surface area contributed by atoms with Gasteiger partial charge >= 0.3 is 32.3 Å². The van der Waals surface area contributed by atoms with Gasteiger partial charge in [0.2, 0.25) is 0 Å². The van der Waals surface area contributed by atoms with Gasteiger partial charge in [0.05, 0.1) is 47.0 Å². The number of hydrogen-bond donors (Lipinski definition) is 2. The zero-order chi connectivity index (χ0) is 34.4. The van der Waals surface area contributed by atoms with E-state index in [0.29, 0.717) is 35.3 Å². The van der Waals surface area contributed by atoms with Crippen LogP contribution in [0.15, 0.2) is 121 Å². The molecule has 0 fully saturated rings. The Morgan fingerprint density at radius 3 is 1.27 bits per heavy atom. The number of carbonyl (C=O) groups excluding carboxylic acids is 2. The first-order valence-electron chi connectivity index (χ1n) is 13.9. The third kappa shape index (κ3) is 17.5. The number of rotatable bonds is 6. The fraction of sp³-hybridized carbons (Fsp3) is 0.0556. The molecule has 0 atom stereocenters. The summed E-state index contributed by atoms with van der Waals surface area (Å²) in [6.45, 7) is 0. The normalized spacial score (nSPS) is 11.3. The van der Waals surface area contributed by atoms with Crippen molar-refractivity contribution in [1.82, 2.24) is 0 Å². The average molecular weight is 739 g/mol. The van der Waals surface area contributed by atoms with E-state index in [4.69, 9.17) is 9.47 Å². The van der Waals surface area contributed by atoms with Crippen molar-refractivity contribution in [3.8, 4) is 11.5 Å². The molecular weight excluding hydrogens is 712 g/mol. The van der Waals surface area contributed by atoms with Crippen LogP contribution in [0, 0.1) is 47.6 Å². The molecule has 49 heavy (non-hydrogen) atoms. The number of nitrogens with one attached hydrogen (secondary N) is 2. The van der Waals surface area contributed by atoms with Gasteiger partial charge in [-0.1, -0.05) is 36.4 Å². The molecule has 0 saturated heterocycles. The number of ether oxygens (including phenoxy) is 2. The first kappa shape index (κ1) is 40.7. The molecule has 0 aromatic heterocycles. The first-order valence-corrected chi connectivity index (χ1v) is 15.5. The Morgan fingerprint density at radius 1 is 0.592 bits per heavy atom. The Bertz CT molecular complexity index is 1580. The minimum absolute atomic E-state index is 0. The maximum Gasteiger partial charge on any atom is 4.00 e. The molecule has 0 radical (unpaired) electrons. The minimum Gasteiger partial charge on any atom is -0.478 e. The number of allylic oxidation sites excluding steroid dienone is 8. The molecule has 0 heterocycles. The van der Waals surface area contributed by atoms with Gasteiger partial charge in [0.15, 0.2) is 0 Å². The second-order valence-corrected chi connectivity index (χ2v) is 10.3. The van der Waals surface area contributed by atoms with Gasteiger partial charge in [0.25, 0.3) is 0 Å². The van der Waals surface area contributed by atoms with Crippen LogP contribution in [-0.4, -0.2) is 10.6 Å². The number of anilines is 2. The average Bonchev–Trinajstić information content (AvgIpc) is 3.88. The summed E-state index contributed by atoms with van der Waals surface area (Å²) in [7, 11) is 0. The smallest absolute Gasteiger partial charge is 0.478 e. The second-order valence-electron chi connectivity index (χ2n) is 8.82. The van der Waals surface area contributed by atoms with Gasteiger partial charge in [-0.15, -0.1) is 49.2 Å². The fourth-order valence-electron chi connectivity index (χ4n) is 3.13. The Labute approximate surface area is 305 Å². The van der Waals surface area contributed by atoms with E-state index in [0.717, 1.165) is 37.1 Å². The van der Waals surface area contributed by atoms with E-state index in [1.54, 1.807) is 60.7 Å². The van der Waals surface area contributed by atoms with Crippen LogP contribution in [0.4, 0.5) is 38.5 Å². The van der Waals surface area contributed by atoms with Crippen molar-refractivity contribution in [2.24, 2.45) is 0 Å². The molecule has 4 aromatic rings. The maximum atomic E-state index is 13.2. The molecule has 0 bridgehead atoms. The minimum atomic E-state index is -1.05. The van der Waals surface area contributed by atoms with E-state index in [1.807, 2.05) is 36.4 Å². The number of halogens is 4. The van der Waals surface area contributed by atoms with Crippen molar-refractivity contribution >= 4 is 45.9 Å². The van der Waals surface area contributed by atoms with Crippen LogP contribution in [0.1, 0.15) is 12.8 Å². The monoisotopic (exact) mass is 738 g/mol. The Kier molecular flexibility index (Phi) is 19.7. The molecule has 0 amide bonds. The number of carbonyl (C=O) groups is 2. The summed E-state index contributed by atoms with van der Waals surface area (Å²) < 4.78 is 66.4. The van der Waals surface area contributed by atoms with Crippen molar-refractivity contribution in [1.29, 1.82) is 0 Å². The van der Waals surface area contributed by atoms with Crippen LogP contribution < -0.4 is 18.9 Å². The third-order valence-corrected chi connectivity index (χ3v) is 6.44. The molecular formula is C36H26F4N2O4S2Ti. The van der Waals surface area contributed by atoms with E-state index in [-0.39, 0.29) is 33.2 Å². The molecule has 0 unspecified atom stereocenters. The zero-order valence-electron chi connectivity index (χ0n) is 25.4. The molecule has 2 aliphatic rings. The van der Waals surface area contributed by atoms with Crippen molar-refractivity contribution < 1.29 is 58.3 Å². The van der Waals surface area contributed by atoms with Gasteiger partial charge < -0.3 is 18.9 Å². The molecule has 13 heteroatoms. The SMILES string of the molecule is O=C(Oc1ccc(F)[c-]c1F)SNc1ccccc1.O=C(Oc1ccc(F)[c-]c1F)SNc1ccccc1.[C-]1=CC=CC1.[C-]1=CC=CC1.[Ti+4]. The molecule has 2 N–H and O–H groups in total. The molecule has 248 valence electrons. The Hall–Kier alpha value is -4.49.